The lowest BCUT2D eigenvalue weighted by molar-refractivity contribution is -0.143. The van der Waals surface area contributed by atoms with E-state index in [-0.39, 0.29) is 18.3 Å². The van der Waals surface area contributed by atoms with Crippen molar-refractivity contribution in [2.45, 2.75) is 50.8 Å². The summed E-state index contributed by atoms with van der Waals surface area (Å²) < 4.78 is 58.8. The van der Waals surface area contributed by atoms with E-state index in [9.17, 15) is 22.8 Å². The molecule has 1 saturated carbocycles. The van der Waals surface area contributed by atoms with Crippen LogP contribution < -0.4 is 19.7 Å². The van der Waals surface area contributed by atoms with Crippen LogP contribution in [0.5, 0.6) is 11.5 Å². The molecule has 1 atom stereocenters. The molecule has 5 rings (SSSR count). The van der Waals surface area contributed by atoms with Crippen LogP contribution in [0.3, 0.4) is 0 Å². The highest BCUT2D eigenvalue weighted by Crippen LogP contribution is 2.50. The molecule has 1 amide bonds. The minimum atomic E-state index is -4.71. The van der Waals surface area contributed by atoms with Gasteiger partial charge in [-0.05, 0) is 79.3 Å². The highest BCUT2D eigenvalue weighted by molar-refractivity contribution is 6.07. The van der Waals surface area contributed by atoms with Crippen LogP contribution in [0.1, 0.15) is 52.4 Å². The Bertz CT molecular complexity index is 1520. The van der Waals surface area contributed by atoms with Crippen LogP contribution in [-0.2, 0) is 27.5 Å². The number of benzene rings is 3. The van der Waals surface area contributed by atoms with E-state index in [2.05, 4.69) is 10.2 Å². The predicted molar refractivity (Wildman–Crippen MR) is 153 cm³/mol. The summed E-state index contributed by atoms with van der Waals surface area (Å²) in [5.41, 5.74) is 0.480. The largest absolute Gasteiger partial charge is 0.490 e. The number of para-hydroxylation sites is 2. The summed E-state index contributed by atoms with van der Waals surface area (Å²) in [5, 5.41) is 2.49. The summed E-state index contributed by atoms with van der Waals surface area (Å²) in [5.74, 6) is 0.139. The summed E-state index contributed by atoms with van der Waals surface area (Å²) in [7, 11) is 3.23. The fraction of sp³-hybridized carbons (Fsp3) is 0.375. The van der Waals surface area contributed by atoms with Crippen molar-refractivity contribution in [3.05, 3.63) is 82.4 Å². The van der Waals surface area contributed by atoms with E-state index in [4.69, 9.17) is 14.2 Å². The topological polar surface area (TPSA) is 77.1 Å². The van der Waals surface area contributed by atoms with Gasteiger partial charge in [-0.25, -0.2) is 0 Å². The summed E-state index contributed by atoms with van der Waals surface area (Å²) >= 11 is 0. The lowest BCUT2D eigenvalue weighted by Crippen LogP contribution is -2.41. The Morgan fingerprint density at radius 1 is 1.12 bits per heavy atom. The molecule has 0 spiro atoms. The van der Waals surface area contributed by atoms with Crippen molar-refractivity contribution in [1.29, 1.82) is 0 Å². The van der Waals surface area contributed by atoms with E-state index in [0.29, 0.717) is 48.2 Å². The van der Waals surface area contributed by atoms with Gasteiger partial charge in [0.05, 0.1) is 36.0 Å². The number of hydrogen-bond donors (Lipinski definition) is 1. The van der Waals surface area contributed by atoms with Crippen molar-refractivity contribution in [2.75, 3.05) is 37.5 Å². The number of alkyl halides is 3. The third-order valence-electron chi connectivity index (χ3n) is 7.93. The van der Waals surface area contributed by atoms with E-state index in [0.717, 1.165) is 17.5 Å². The maximum Gasteiger partial charge on any atom is 0.418 e. The standard InChI is InChI=1S/C32H33F3N2O5/c1-5-20-15-22(41-18-23-17-37(3)26-8-6-7-9-27(26)42-23)14-19(2)28(20)29(38)36-25-16-21(10-11-24(25)32(33,34)35)31(12-13-31)30(39)40-4/h6-11,14-16,23H,5,12-13,17-18H2,1-4H3,(H,36,38)/t23-/m0/s1. The number of likely N-dealkylation sites (N-methyl/N-ethyl adjacent to an activating group) is 1. The van der Waals surface area contributed by atoms with Crippen LogP contribution in [-0.4, -0.2) is 45.3 Å². The van der Waals surface area contributed by atoms with Crippen LogP contribution >= 0.6 is 0 Å². The minimum Gasteiger partial charge on any atom is -0.490 e. The second-order valence-electron chi connectivity index (χ2n) is 10.8. The highest BCUT2D eigenvalue weighted by atomic mass is 19.4. The van der Waals surface area contributed by atoms with Gasteiger partial charge < -0.3 is 24.4 Å². The predicted octanol–water partition coefficient (Wildman–Crippen LogP) is 6.31. The Balaban J connectivity index is 1.37. The molecule has 3 aromatic carbocycles. The van der Waals surface area contributed by atoms with Gasteiger partial charge in [0.25, 0.3) is 5.91 Å². The molecule has 1 heterocycles. The molecule has 222 valence electrons. The van der Waals surface area contributed by atoms with E-state index in [1.807, 2.05) is 38.2 Å². The zero-order valence-electron chi connectivity index (χ0n) is 23.9. The Morgan fingerprint density at radius 3 is 2.52 bits per heavy atom. The molecule has 0 saturated heterocycles. The number of fused-ring (bicyclic) bond motifs is 1. The quantitative estimate of drug-likeness (QED) is 0.314. The molecule has 1 fully saturated rings. The zero-order chi connectivity index (χ0) is 30.2. The molecule has 1 N–H and O–H groups in total. The van der Waals surface area contributed by atoms with Crippen molar-refractivity contribution in [3.8, 4) is 11.5 Å². The summed E-state index contributed by atoms with van der Waals surface area (Å²) in [6, 6.07) is 14.6. The van der Waals surface area contributed by atoms with E-state index in [1.165, 1.54) is 19.2 Å². The number of amides is 1. The van der Waals surface area contributed by atoms with Crippen LogP contribution in [0.15, 0.2) is 54.6 Å². The lowest BCUT2D eigenvalue weighted by atomic mass is 9.93. The van der Waals surface area contributed by atoms with Gasteiger partial charge in [0.15, 0.2) is 0 Å². The number of methoxy groups -OCH3 is 1. The molecule has 3 aromatic rings. The first-order chi connectivity index (χ1) is 20.0. The van der Waals surface area contributed by atoms with Crippen molar-refractivity contribution in [3.63, 3.8) is 0 Å². The first-order valence-electron chi connectivity index (χ1n) is 13.8. The molecule has 0 aromatic heterocycles. The van der Waals surface area contributed by atoms with Gasteiger partial charge in [-0.1, -0.05) is 25.1 Å². The maximum absolute atomic E-state index is 13.9. The molecule has 10 heteroatoms. The van der Waals surface area contributed by atoms with Gasteiger partial charge >= 0.3 is 12.1 Å². The smallest absolute Gasteiger partial charge is 0.418 e. The van der Waals surface area contributed by atoms with Gasteiger partial charge in [-0.2, -0.15) is 13.2 Å². The summed E-state index contributed by atoms with van der Waals surface area (Å²) in [4.78, 5) is 28.0. The normalized spacial score (nSPS) is 17.1. The number of aryl methyl sites for hydroxylation is 2. The van der Waals surface area contributed by atoms with Crippen molar-refractivity contribution in [2.24, 2.45) is 0 Å². The third-order valence-corrected chi connectivity index (χ3v) is 7.93. The number of ether oxygens (including phenoxy) is 3. The third kappa shape index (κ3) is 5.62. The van der Waals surface area contributed by atoms with E-state index in [1.54, 1.807) is 19.1 Å². The maximum atomic E-state index is 13.9. The molecule has 0 unspecified atom stereocenters. The van der Waals surface area contributed by atoms with Gasteiger partial charge in [0.1, 0.15) is 24.2 Å². The number of carbonyl (C=O) groups excluding carboxylic acids is 2. The lowest BCUT2D eigenvalue weighted by Gasteiger charge is -2.33. The van der Waals surface area contributed by atoms with Gasteiger partial charge in [0, 0.05) is 12.6 Å². The molecule has 42 heavy (non-hydrogen) atoms. The van der Waals surface area contributed by atoms with Crippen molar-refractivity contribution >= 4 is 23.3 Å². The molecular weight excluding hydrogens is 549 g/mol. The van der Waals surface area contributed by atoms with Gasteiger partial charge in [-0.3, -0.25) is 9.59 Å². The summed E-state index contributed by atoms with van der Waals surface area (Å²) in [6.07, 6.45) is -3.54. The molecule has 2 aliphatic rings. The average Bonchev–Trinajstić information content (AvgIpc) is 3.77. The van der Waals surface area contributed by atoms with Crippen LogP contribution in [0.25, 0.3) is 0 Å². The Kier molecular flexibility index (Phi) is 7.83. The molecule has 1 aliphatic heterocycles. The Hall–Kier alpha value is -4.21. The minimum absolute atomic E-state index is 0.217. The number of carbonyl (C=O) groups is 2. The van der Waals surface area contributed by atoms with Gasteiger partial charge in [0.2, 0.25) is 0 Å². The fourth-order valence-electron chi connectivity index (χ4n) is 5.59. The number of halogens is 3. The number of anilines is 2. The first-order valence-corrected chi connectivity index (χ1v) is 13.8. The number of esters is 1. The SMILES string of the molecule is CCc1cc(OC[C@@H]2CN(C)c3ccccc3O2)cc(C)c1C(=O)Nc1cc(C2(C(=O)OC)CC2)ccc1C(F)(F)F. The monoisotopic (exact) mass is 582 g/mol. The first kappa shape index (κ1) is 29.3. The van der Waals surface area contributed by atoms with Crippen molar-refractivity contribution in [1.82, 2.24) is 0 Å². The van der Waals surface area contributed by atoms with Crippen LogP contribution in [0.2, 0.25) is 0 Å². The number of nitrogens with one attached hydrogen (secondary N) is 1. The summed E-state index contributed by atoms with van der Waals surface area (Å²) in [6.45, 7) is 4.49. The van der Waals surface area contributed by atoms with Crippen molar-refractivity contribution < 1.29 is 37.0 Å². The van der Waals surface area contributed by atoms with Gasteiger partial charge in [-0.15, -0.1) is 0 Å². The molecule has 0 bridgehead atoms. The zero-order valence-corrected chi connectivity index (χ0v) is 23.9. The number of nitrogens with zero attached hydrogens (tertiary/aromatic N) is 1. The molecular formula is C32H33F3N2O5. The molecule has 7 nitrogen and oxygen atoms in total. The Morgan fingerprint density at radius 2 is 1.86 bits per heavy atom. The number of hydrogen-bond acceptors (Lipinski definition) is 6. The molecule has 1 aliphatic carbocycles. The van der Waals surface area contributed by atoms with Crippen LogP contribution in [0, 0.1) is 6.92 Å². The second-order valence-corrected chi connectivity index (χ2v) is 10.8. The molecule has 0 radical (unpaired) electrons. The Labute approximate surface area is 242 Å². The van der Waals surface area contributed by atoms with E-state index >= 15 is 0 Å². The van der Waals surface area contributed by atoms with E-state index < -0.39 is 34.7 Å². The fourth-order valence-corrected chi connectivity index (χ4v) is 5.59. The highest BCUT2D eigenvalue weighted by Gasteiger charge is 2.53. The second kappa shape index (κ2) is 11.2. The number of rotatable bonds is 8. The average molecular weight is 583 g/mol. The van der Waals surface area contributed by atoms with Crippen LogP contribution in [0.4, 0.5) is 24.5 Å².